The molecule has 0 amide bonds. The van der Waals surface area contributed by atoms with Gasteiger partial charge in [0.25, 0.3) is 0 Å². The Morgan fingerprint density at radius 2 is 1.71 bits per heavy atom. The van der Waals surface area contributed by atoms with Crippen LogP contribution in [0.2, 0.25) is 0 Å². The van der Waals surface area contributed by atoms with Gasteiger partial charge in [0.2, 0.25) is 0 Å². The number of hydrogen-bond acceptors (Lipinski definition) is 7. The third-order valence-electron chi connectivity index (χ3n) is 4.17. The molecule has 10 nitrogen and oxygen atoms in total. The van der Waals surface area contributed by atoms with Crippen molar-refractivity contribution in [3.05, 3.63) is 35.9 Å². The molecular formula is C16H24O10P2. The van der Waals surface area contributed by atoms with E-state index >= 15 is 0 Å². The van der Waals surface area contributed by atoms with E-state index in [1.54, 1.807) is 13.8 Å². The lowest BCUT2D eigenvalue weighted by Gasteiger charge is -2.24. The maximum absolute atomic E-state index is 11.9. The van der Waals surface area contributed by atoms with Crippen LogP contribution in [0.15, 0.2) is 30.3 Å². The molecule has 28 heavy (non-hydrogen) atoms. The quantitative estimate of drug-likeness (QED) is 0.515. The highest BCUT2D eigenvalue weighted by molar-refractivity contribution is 7.70. The fourth-order valence-electron chi connectivity index (χ4n) is 3.13. The number of hydrogen-bond donors (Lipinski definition) is 3. The van der Waals surface area contributed by atoms with Gasteiger partial charge in [-0.1, -0.05) is 30.3 Å². The lowest BCUT2D eigenvalue weighted by molar-refractivity contribution is -0.238. The molecule has 3 rings (SSSR count). The fraction of sp³-hybridized carbons (Fsp3) is 0.625. The average molecular weight is 438 g/mol. The van der Waals surface area contributed by atoms with Crippen molar-refractivity contribution in [1.82, 2.24) is 0 Å². The molecule has 2 heterocycles. The Morgan fingerprint density at radius 3 is 2.36 bits per heavy atom. The highest BCUT2D eigenvalue weighted by atomic mass is 31.2. The van der Waals surface area contributed by atoms with Crippen molar-refractivity contribution in [3.63, 3.8) is 0 Å². The molecule has 2 aliphatic heterocycles. The molecule has 1 aromatic rings. The van der Waals surface area contributed by atoms with Gasteiger partial charge in [-0.25, -0.2) is 0 Å². The predicted molar refractivity (Wildman–Crippen MR) is 96.4 cm³/mol. The molecule has 2 saturated heterocycles. The first-order chi connectivity index (χ1) is 12.9. The van der Waals surface area contributed by atoms with Gasteiger partial charge in [-0.3, -0.25) is 9.13 Å². The first-order valence-corrected chi connectivity index (χ1v) is 12.2. The molecule has 12 heteroatoms. The summed E-state index contributed by atoms with van der Waals surface area (Å²) in [5.74, 6) is -2.17. The second-order valence-electron chi connectivity index (χ2n) is 7.14. The highest BCUT2D eigenvalue weighted by Crippen LogP contribution is 2.55. The molecule has 0 aliphatic carbocycles. The summed E-state index contributed by atoms with van der Waals surface area (Å²) < 4.78 is 50.9. The summed E-state index contributed by atoms with van der Waals surface area (Å²) >= 11 is 0. The van der Waals surface area contributed by atoms with Crippen LogP contribution < -0.4 is 0 Å². The minimum atomic E-state index is -4.71. The summed E-state index contributed by atoms with van der Waals surface area (Å²) in [4.78, 5) is 27.4. The van der Waals surface area contributed by atoms with Crippen molar-refractivity contribution in [2.75, 3.05) is 12.5 Å². The van der Waals surface area contributed by atoms with Gasteiger partial charge in [0.15, 0.2) is 18.0 Å². The van der Waals surface area contributed by atoms with Crippen LogP contribution >= 0.6 is 15.2 Å². The van der Waals surface area contributed by atoms with Crippen LogP contribution in [0, 0.1) is 0 Å². The maximum Gasteiger partial charge on any atom is 0.340 e. The maximum atomic E-state index is 11.9. The average Bonchev–Trinajstić information content (AvgIpc) is 3.03. The molecular weight excluding hydrogens is 414 g/mol. The zero-order chi connectivity index (χ0) is 20.6. The first-order valence-electron chi connectivity index (χ1n) is 8.62. The van der Waals surface area contributed by atoms with Gasteiger partial charge in [0.1, 0.15) is 18.3 Å². The van der Waals surface area contributed by atoms with Gasteiger partial charge in [-0.15, -0.1) is 0 Å². The zero-order valence-electron chi connectivity index (χ0n) is 15.4. The van der Waals surface area contributed by atoms with Gasteiger partial charge in [0, 0.05) is 0 Å². The molecule has 2 fully saturated rings. The van der Waals surface area contributed by atoms with Gasteiger partial charge in [-0.2, -0.15) is 0 Å². The second-order valence-corrected chi connectivity index (χ2v) is 11.1. The molecule has 0 bridgehead atoms. The van der Waals surface area contributed by atoms with Crippen LogP contribution in [-0.2, 0) is 39.2 Å². The van der Waals surface area contributed by atoms with Gasteiger partial charge in [-0.05, 0) is 19.4 Å². The smallest absolute Gasteiger partial charge is 0.340 e. The number of ether oxygens (including phenoxy) is 4. The Labute approximate surface area is 162 Å². The summed E-state index contributed by atoms with van der Waals surface area (Å²) in [6.07, 6.45) is -2.79. The Morgan fingerprint density at radius 1 is 1.07 bits per heavy atom. The molecule has 0 spiro atoms. The molecule has 158 valence electrons. The predicted octanol–water partition coefficient (Wildman–Crippen LogP) is 1.79. The van der Waals surface area contributed by atoms with Crippen LogP contribution in [0.25, 0.3) is 0 Å². The van der Waals surface area contributed by atoms with Crippen molar-refractivity contribution < 1.29 is 47.3 Å². The molecule has 3 N–H and O–H groups in total. The Hall–Kier alpha value is -0.640. The summed E-state index contributed by atoms with van der Waals surface area (Å²) in [5.41, 5.74) is 0.932. The Balaban J connectivity index is 1.63. The molecule has 2 aliphatic rings. The normalized spacial score (nSPS) is 31.5. The topological polar surface area (TPSA) is 141 Å². The highest BCUT2D eigenvalue weighted by Gasteiger charge is 2.56. The molecule has 5 atom stereocenters. The lowest BCUT2D eigenvalue weighted by Crippen LogP contribution is -2.32. The van der Waals surface area contributed by atoms with Crippen LogP contribution in [0.3, 0.4) is 0 Å². The van der Waals surface area contributed by atoms with Gasteiger partial charge in [0.05, 0.1) is 13.2 Å². The lowest BCUT2D eigenvalue weighted by atomic mass is 10.1. The first kappa shape index (κ1) is 22.1. The van der Waals surface area contributed by atoms with Crippen molar-refractivity contribution >= 4 is 15.2 Å². The number of fused-ring (bicyclic) bond motifs is 1. The largest absolute Gasteiger partial charge is 0.345 e. The van der Waals surface area contributed by atoms with E-state index in [0.29, 0.717) is 0 Å². The molecule has 0 aromatic heterocycles. The molecule has 0 saturated carbocycles. The number of rotatable bonds is 8. The van der Waals surface area contributed by atoms with Gasteiger partial charge < -0.3 is 38.2 Å². The van der Waals surface area contributed by atoms with E-state index in [4.69, 9.17) is 33.3 Å². The molecule has 1 aromatic carbocycles. The van der Waals surface area contributed by atoms with E-state index in [1.807, 2.05) is 30.3 Å². The van der Waals surface area contributed by atoms with E-state index < -0.39 is 58.1 Å². The summed E-state index contributed by atoms with van der Waals surface area (Å²) in [6, 6.07) is 9.44. The van der Waals surface area contributed by atoms with Crippen LogP contribution in [0.5, 0.6) is 0 Å². The zero-order valence-corrected chi connectivity index (χ0v) is 17.2. The van der Waals surface area contributed by atoms with E-state index in [2.05, 4.69) is 0 Å². The minimum Gasteiger partial charge on any atom is -0.345 e. The van der Waals surface area contributed by atoms with Crippen molar-refractivity contribution in [2.45, 2.75) is 50.8 Å². The SMILES string of the molecule is CC1(C)OC2[C@H](OCc3ccccc3)O[C@H](COP(=O)(O)CP(=O)(O)O)[C@@H]2O1. The van der Waals surface area contributed by atoms with Crippen LogP contribution in [0.1, 0.15) is 19.4 Å². The number of benzene rings is 1. The van der Waals surface area contributed by atoms with E-state index in [0.717, 1.165) is 5.56 Å². The fourth-order valence-corrected chi connectivity index (χ4v) is 5.70. The standard InChI is InChI=1S/C16H24O10P2/c1-16(2)25-13-12(9-23-28(20,21)10-27(17,18)19)24-15(14(13)26-16)22-8-11-6-4-3-5-7-11/h3-7,12-15H,8-10H2,1-2H3,(H,20,21)(H2,17,18,19)/t12-,13+,14?,15-/m1/s1. The second kappa shape index (κ2) is 8.24. The molecule has 2 unspecified atom stereocenters. The van der Waals surface area contributed by atoms with E-state index in [9.17, 15) is 14.0 Å². The van der Waals surface area contributed by atoms with Crippen molar-refractivity contribution in [2.24, 2.45) is 0 Å². The van der Waals surface area contributed by atoms with Gasteiger partial charge >= 0.3 is 15.2 Å². The van der Waals surface area contributed by atoms with Crippen molar-refractivity contribution in [3.8, 4) is 0 Å². The third kappa shape index (κ3) is 5.93. The monoisotopic (exact) mass is 438 g/mol. The summed E-state index contributed by atoms with van der Waals surface area (Å²) in [7, 11) is -9.21. The van der Waals surface area contributed by atoms with Crippen molar-refractivity contribution in [1.29, 1.82) is 0 Å². The Kier molecular flexibility index (Phi) is 6.49. The third-order valence-corrected chi connectivity index (χ3v) is 7.62. The molecule has 0 radical (unpaired) electrons. The van der Waals surface area contributed by atoms with E-state index in [-0.39, 0.29) is 6.61 Å². The van der Waals surface area contributed by atoms with Crippen LogP contribution in [0.4, 0.5) is 0 Å². The minimum absolute atomic E-state index is 0.267. The Bertz CT molecular complexity index is 764. The summed E-state index contributed by atoms with van der Waals surface area (Å²) in [6.45, 7) is 3.31. The van der Waals surface area contributed by atoms with Crippen LogP contribution in [-0.4, -0.2) is 57.6 Å². The summed E-state index contributed by atoms with van der Waals surface area (Å²) in [5, 5.41) is 0. The van der Waals surface area contributed by atoms with E-state index in [1.165, 1.54) is 0 Å².